The zero-order valence-electron chi connectivity index (χ0n) is 9.54. The summed E-state index contributed by atoms with van der Waals surface area (Å²) in [6, 6.07) is 13.7. The molecule has 0 fully saturated rings. The quantitative estimate of drug-likeness (QED) is 0.626. The first kappa shape index (κ1) is 13.4. The van der Waals surface area contributed by atoms with E-state index in [0.29, 0.717) is 6.54 Å². The van der Waals surface area contributed by atoms with Crippen LogP contribution in [0.15, 0.2) is 47.5 Å². The van der Waals surface area contributed by atoms with Crippen molar-refractivity contribution in [1.82, 2.24) is 0 Å². The van der Waals surface area contributed by atoms with Crippen LogP contribution in [0.5, 0.6) is 5.75 Å². The number of nitrogens with zero attached hydrogens (tertiary/aromatic N) is 1. The second kappa shape index (κ2) is 6.21. The Bertz CT molecular complexity index is 568. The first-order valence-electron chi connectivity index (χ1n) is 5.41. The van der Waals surface area contributed by atoms with Gasteiger partial charge in [0.25, 0.3) is 0 Å². The van der Waals surface area contributed by atoms with Crippen molar-refractivity contribution in [2.45, 2.75) is 6.54 Å². The molecule has 0 saturated carbocycles. The summed E-state index contributed by atoms with van der Waals surface area (Å²) in [5, 5.41) is 9.88. The molecule has 2 aromatic rings. The molecule has 2 nitrogen and oxygen atoms in total. The number of hydrogen-bond donors (Lipinski definition) is 1. The summed E-state index contributed by atoms with van der Waals surface area (Å²) in [6.07, 6.45) is 1.70. The maximum absolute atomic E-state index is 9.88. The minimum absolute atomic E-state index is 0.241. The second-order valence-corrected chi connectivity index (χ2v) is 5.73. The Hall–Kier alpha value is -1.05. The number of rotatable bonds is 3. The predicted molar refractivity (Wildman–Crippen MR) is 76.6 cm³/mol. The van der Waals surface area contributed by atoms with Crippen molar-refractivity contribution in [1.29, 1.82) is 0 Å². The van der Waals surface area contributed by atoms with Gasteiger partial charge in [-0.3, -0.25) is 0 Å². The molecule has 2 rings (SSSR count). The molecular weight excluding hydrogens is 356 g/mol. The van der Waals surface area contributed by atoms with Crippen molar-refractivity contribution in [3.05, 3.63) is 53.6 Å². The van der Waals surface area contributed by atoms with Crippen molar-refractivity contribution < 1.29 is 5.11 Å². The second-order valence-electron chi connectivity index (χ2n) is 3.81. The van der Waals surface area contributed by atoms with E-state index >= 15 is 0 Å². The third kappa shape index (κ3) is 3.47. The van der Waals surface area contributed by atoms with Crippen LogP contribution in [0.3, 0.4) is 0 Å². The Balaban J connectivity index is 2.15. The standard InChI is InChI=1S/C14H11NOSe2/c16-14-11(6-12(17)7-13(14)18)9-15-8-10-4-2-1-3-5-10/h1-7,9,16H,8H2. The van der Waals surface area contributed by atoms with Crippen LogP contribution in [0.4, 0.5) is 0 Å². The van der Waals surface area contributed by atoms with E-state index in [9.17, 15) is 5.11 Å². The van der Waals surface area contributed by atoms with E-state index in [2.05, 4.69) is 37.0 Å². The Labute approximate surface area is 123 Å². The monoisotopic (exact) mass is 369 g/mol. The van der Waals surface area contributed by atoms with Gasteiger partial charge in [-0.1, -0.05) is 0 Å². The Kier molecular flexibility index (Phi) is 4.62. The van der Waals surface area contributed by atoms with Crippen LogP contribution in [-0.4, -0.2) is 43.3 Å². The van der Waals surface area contributed by atoms with Gasteiger partial charge in [-0.2, -0.15) is 0 Å². The predicted octanol–water partition coefficient (Wildman–Crippen LogP) is 0.599. The van der Waals surface area contributed by atoms with Gasteiger partial charge in [0.1, 0.15) is 0 Å². The number of hydrogen-bond acceptors (Lipinski definition) is 2. The van der Waals surface area contributed by atoms with Crippen LogP contribution in [0.2, 0.25) is 0 Å². The summed E-state index contributed by atoms with van der Waals surface area (Å²) in [7, 11) is 0. The molecule has 0 aromatic heterocycles. The van der Waals surface area contributed by atoms with Crippen molar-refractivity contribution in [2.24, 2.45) is 4.99 Å². The molecule has 0 saturated heterocycles. The van der Waals surface area contributed by atoms with Crippen molar-refractivity contribution in [3.8, 4) is 5.75 Å². The molecule has 0 heterocycles. The van der Waals surface area contributed by atoms with Crippen molar-refractivity contribution in [3.63, 3.8) is 0 Å². The fourth-order valence-electron chi connectivity index (χ4n) is 1.53. The third-order valence-electron chi connectivity index (χ3n) is 2.43. The van der Waals surface area contributed by atoms with Gasteiger partial charge in [-0.15, -0.1) is 0 Å². The molecule has 0 atom stereocenters. The van der Waals surface area contributed by atoms with E-state index in [1.807, 2.05) is 42.5 Å². The SMILES string of the molecule is Oc1c([Se])cc([Se])cc1C=NCc1ccccc1. The van der Waals surface area contributed by atoms with Gasteiger partial charge in [-0.05, 0) is 0 Å². The number of phenolic OH excluding ortho intramolecular Hbond substituents is 1. The van der Waals surface area contributed by atoms with E-state index in [1.165, 1.54) is 0 Å². The first-order chi connectivity index (χ1) is 8.66. The summed E-state index contributed by atoms with van der Waals surface area (Å²) in [5.74, 6) is 0.241. The normalized spacial score (nSPS) is 10.9. The summed E-state index contributed by atoms with van der Waals surface area (Å²) in [4.78, 5) is 4.34. The number of phenols is 1. The molecule has 2 radical (unpaired) electrons. The van der Waals surface area contributed by atoms with E-state index in [1.54, 1.807) is 6.21 Å². The Morgan fingerprint density at radius 3 is 2.56 bits per heavy atom. The molecule has 0 aliphatic carbocycles. The Morgan fingerprint density at radius 1 is 1.11 bits per heavy atom. The minimum atomic E-state index is 0.241. The molecule has 2 aromatic carbocycles. The molecule has 0 bridgehead atoms. The zero-order valence-corrected chi connectivity index (χ0v) is 13.0. The summed E-state index contributed by atoms with van der Waals surface area (Å²) in [6.45, 7) is 0.612. The van der Waals surface area contributed by atoms with Gasteiger partial charge in [0, 0.05) is 0 Å². The number of aromatic hydroxyl groups is 1. The van der Waals surface area contributed by atoms with Gasteiger partial charge >= 0.3 is 123 Å². The topological polar surface area (TPSA) is 32.6 Å². The fourth-order valence-corrected chi connectivity index (χ4v) is 2.94. The van der Waals surface area contributed by atoms with Crippen LogP contribution in [-0.2, 0) is 6.54 Å². The first-order valence-corrected chi connectivity index (χ1v) is 7.13. The van der Waals surface area contributed by atoms with Gasteiger partial charge in [0.05, 0.1) is 0 Å². The average Bonchev–Trinajstić information content (AvgIpc) is 2.36. The maximum atomic E-state index is 9.88. The average molecular weight is 367 g/mol. The van der Waals surface area contributed by atoms with Crippen LogP contribution in [0.1, 0.15) is 11.1 Å². The fraction of sp³-hybridized carbons (Fsp3) is 0.0714. The number of aliphatic imine (C=N–C) groups is 1. The Morgan fingerprint density at radius 2 is 1.83 bits per heavy atom. The van der Waals surface area contributed by atoms with Gasteiger partial charge in [-0.25, -0.2) is 0 Å². The van der Waals surface area contributed by atoms with Crippen molar-refractivity contribution in [2.75, 3.05) is 0 Å². The van der Waals surface area contributed by atoms with E-state index in [4.69, 9.17) is 0 Å². The van der Waals surface area contributed by atoms with E-state index < -0.39 is 0 Å². The van der Waals surface area contributed by atoms with Crippen LogP contribution in [0.25, 0.3) is 0 Å². The summed E-state index contributed by atoms with van der Waals surface area (Å²) in [5.41, 5.74) is 1.87. The molecule has 0 unspecified atom stereocenters. The van der Waals surface area contributed by atoms with E-state index in [-0.39, 0.29) is 5.75 Å². The van der Waals surface area contributed by atoms with Crippen LogP contribution >= 0.6 is 0 Å². The van der Waals surface area contributed by atoms with Gasteiger partial charge in [0.15, 0.2) is 0 Å². The van der Waals surface area contributed by atoms with Gasteiger partial charge in [0.2, 0.25) is 0 Å². The molecule has 18 heavy (non-hydrogen) atoms. The molecule has 1 N–H and O–H groups in total. The molecule has 0 aliphatic rings. The van der Waals surface area contributed by atoms with Crippen molar-refractivity contribution >= 4 is 47.2 Å². The van der Waals surface area contributed by atoms with E-state index in [0.717, 1.165) is 20.1 Å². The molecule has 0 spiro atoms. The molecule has 0 aliphatic heterocycles. The third-order valence-corrected chi connectivity index (χ3v) is 3.57. The molecule has 0 amide bonds. The molecular formula is C14H11NOSe2. The van der Waals surface area contributed by atoms with Crippen LogP contribution in [0, 0.1) is 0 Å². The molecule has 90 valence electrons. The zero-order chi connectivity index (χ0) is 13.0. The van der Waals surface area contributed by atoms with Crippen LogP contribution < -0.4 is 8.92 Å². The summed E-state index contributed by atoms with van der Waals surface area (Å²) >= 11 is 5.75. The molecule has 4 heteroatoms. The van der Waals surface area contributed by atoms with Gasteiger partial charge < -0.3 is 0 Å². The summed E-state index contributed by atoms with van der Waals surface area (Å²) < 4.78 is 1.70. The number of benzene rings is 2.